The molecule has 0 spiro atoms. The molecule has 0 radical (unpaired) electrons. The van der Waals surface area contributed by atoms with E-state index in [1.54, 1.807) is 0 Å². The lowest BCUT2D eigenvalue weighted by Gasteiger charge is -2.39. The molecule has 7 heteroatoms. The number of anilines is 1. The van der Waals surface area contributed by atoms with Crippen LogP contribution in [0.15, 0.2) is 29.3 Å². The van der Waals surface area contributed by atoms with Gasteiger partial charge in [0.05, 0.1) is 19.8 Å². The molecule has 1 heterocycles. The zero-order chi connectivity index (χ0) is 19.7. The summed E-state index contributed by atoms with van der Waals surface area (Å²) < 4.78 is 5.47. The Morgan fingerprint density at radius 1 is 1.14 bits per heavy atom. The van der Waals surface area contributed by atoms with Crippen LogP contribution >= 0.6 is 24.0 Å². The molecule has 1 aromatic carbocycles. The van der Waals surface area contributed by atoms with Gasteiger partial charge in [-0.15, -0.1) is 24.0 Å². The fourth-order valence-corrected chi connectivity index (χ4v) is 3.17. The number of hydrogen-bond donors (Lipinski definition) is 2. The van der Waals surface area contributed by atoms with Crippen molar-refractivity contribution >= 4 is 35.6 Å². The van der Waals surface area contributed by atoms with E-state index in [0.29, 0.717) is 0 Å². The molecule has 1 aliphatic heterocycles. The summed E-state index contributed by atoms with van der Waals surface area (Å²) in [6.45, 7) is 12.7. The van der Waals surface area contributed by atoms with Crippen molar-refractivity contribution in [3.05, 3.63) is 29.8 Å². The van der Waals surface area contributed by atoms with Gasteiger partial charge in [-0.05, 0) is 44.9 Å². The van der Waals surface area contributed by atoms with Gasteiger partial charge in [-0.3, -0.25) is 9.89 Å². The van der Waals surface area contributed by atoms with E-state index in [9.17, 15) is 0 Å². The minimum atomic E-state index is 0. The van der Waals surface area contributed by atoms with Crippen molar-refractivity contribution in [1.82, 2.24) is 15.5 Å². The zero-order valence-electron chi connectivity index (χ0n) is 18.1. The van der Waals surface area contributed by atoms with Crippen LogP contribution in [0.25, 0.3) is 0 Å². The molecule has 6 nitrogen and oxygen atoms in total. The molecule has 2 N–H and O–H groups in total. The van der Waals surface area contributed by atoms with Gasteiger partial charge in [-0.1, -0.05) is 12.1 Å². The predicted molar refractivity (Wildman–Crippen MR) is 130 cm³/mol. The van der Waals surface area contributed by atoms with Crippen LogP contribution in [0, 0.1) is 0 Å². The highest BCUT2D eigenvalue weighted by molar-refractivity contribution is 14.0. The number of guanidine groups is 1. The van der Waals surface area contributed by atoms with E-state index in [0.717, 1.165) is 58.3 Å². The second-order valence-corrected chi connectivity index (χ2v) is 7.84. The van der Waals surface area contributed by atoms with E-state index in [1.165, 1.54) is 11.3 Å². The Kier molecular flexibility index (Phi) is 11.1. The Hall–Kier alpha value is -1.06. The van der Waals surface area contributed by atoms with Gasteiger partial charge in [0, 0.05) is 51.5 Å². The fourth-order valence-electron chi connectivity index (χ4n) is 3.17. The lowest BCUT2D eigenvalue weighted by Crippen LogP contribution is -2.52. The number of nitrogens with zero attached hydrogens (tertiary/aromatic N) is 3. The summed E-state index contributed by atoms with van der Waals surface area (Å²) in [5, 5.41) is 6.82. The van der Waals surface area contributed by atoms with E-state index in [-0.39, 0.29) is 29.5 Å². The smallest absolute Gasteiger partial charge is 0.191 e. The number of nitrogens with one attached hydrogen (secondary N) is 2. The van der Waals surface area contributed by atoms with E-state index >= 15 is 0 Å². The first-order valence-electron chi connectivity index (χ1n) is 10.0. The molecule has 0 aromatic heterocycles. The van der Waals surface area contributed by atoms with Crippen molar-refractivity contribution in [3.8, 4) is 0 Å². The van der Waals surface area contributed by atoms with Gasteiger partial charge in [0.1, 0.15) is 0 Å². The van der Waals surface area contributed by atoms with Gasteiger partial charge >= 0.3 is 0 Å². The van der Waals surface area contributed by atoms with E-state index in [1.807, 2.05) is 0 Å². The quantitative estimate of drug-likeness (QED) is 0.325. The van der Waals surface area contributed by atoms with Crippen LogP contribution in [0.2, 0.25) is 0 Å². The van der Waals surface area contributed by atoms with Crippen LogP contribution < -0.4 is 15.5 Å². The molecule has 1 saturated heterocycles. The van der Waals surface area contributed by atoms with Gasteiger partial charge in [-0.2, -0.15) is 0 Å². The topological polar surface area (TPSA) is 52.1 Å². The molecule has 1 aromatic rings. The molecule has 0 saturated carbocycles. The number of hydrogen-bond acceptors (Lipinski definition) is 4. The minimum Gasteiger partial charge on any atom is -0.379 e. The lowest BCUT2D eigenvalue weighted by molar-refractivity contribution is -0.00683. The third-order valence-corrected chi connectivity index (χ3v) is 4.99. The summed E-state index contributed by atoms with van der Waals surface area (Å²) in [7, 11) is 4.13. The maximum Gasteiger partial charge on any atom is 0.191 e. The SMILES string of the molecule is CCNC(=NCC(C)(C)N1CCOCC1)NCCc1ccc(N(C)C)cc1.I. The first-order valence-corrected chi connectivity index (χ1v) is 10.0. The van der Waals surface area contributed by atoms with Crippen LogP contribution in [0.5, 0.6) is 0 Å². The average molecular weight is 503 g/mol. The molecule has 0 bridgehead atoms. The molecule has 0 atom stereocenters. The van der Waals surface area contributed by atoms with Crippen LogP contribution in [0.3, 0.4) is 0 Å². The molecule has 1 aliphatic rings. The van der Waals surface area contributed by atoms with Crippen molar-refractivity contribution in [1.29, 1.82) is 0 Å². The predicted octanol–water partition coefficient (Wildman–Crippen LogP) is 2.58. The summed E-state index contributed by atoms with van der Waals surface area (Å²) in [4.78, 5) is 9.42. The second kappa shape index (κ2) is 12.5. The standard InChI is InChI=1S/C21H37N5O.HI/c1-6-22-20(24-17-21(2,3)26-13-15-27-16-14-26)23-12-11-18-7-9-19(10-8-18)25(4)5;/h7-10H,6,11-17H2,1-5H3,(H2,22,23,24);1H. The van der Waals surface area contributed by atoms with Crippen molar-refractivity contribution in [2.75, 3.05) is 64.9 Å². The van der Waals surface area contributed by atoms with Crippen LogP contribution in [-0.2, 0) is 11.2 Å². The number of morpholine rings is 1. The summed E-state index contributed by atoms with van der Waals surface area (Å²) >= 11 is 0. The molecule has 0 amide bonds. The molecule has 28 heavy (non-hydrogen) atoms. The Balaban J connectivity index is 0.00000392. The van der Waals surface area contributed by atoms with Crippen LogP contribution in [0.1, 0.15) is 26.3 Å². The minimum absolute atomic E-state index is 0. The summed E-state index contributed by atoms with van der Waals surface area (Å²) in [5.74, 6) is 0.892. The highest BCUT2D eigenvalue weighted by Gasteiger charge is 2.28. The average Bonchev–Trinajstić information content (AvgIpc) is 2.67. The maximum atomic E-state index is 5.47. The Morgan fingerprint density at radius 3 is 2.36 bits per heavy atom. The van der Waals surface area contributed by atoms with Crippen LogP contribution in [-0.4, -0.2) is 76.4 Å². The third kappa shape index (κ3) is 8.13. The van der Waals surface area contributed by atoms with Crippen molar-refractivity contribution < 1.29 is 4.74 Å². The first-order chi connectivity index (χ1) is 12.9. The molecule has 160 valence electrons. The lowest BCUT2D eigenvalue weighted by atomic mass is 10.0. The zero-order valence-corrected chi connectivity index (χ0v) is 20.5. The highest BCUT2D eigenvalue weighted by atomic mass is 127. The van der Waals surface area contributed by atoms with Gasteiger partial charge in [0.25, 0.3) is 0 Å². The Labute approximate surface area is 188 Å². The van der Waals surface area contributed by atoms with Crippen LogP contribution in [0.4, 0.5) is 5.69 Å². The molecular weight excluding hydrogens is 465 g/mol. The number of benzene rings is 1. The Morgan fingerprint density at radius 2 is 1.79 bits per heavy atom. The van der Waals surface area contributed by atoms with E-state index in [2.05, 4.69) is 79.6 Å². The maximum absolute atomic E-state index is 5.47. The molecular formula is C21H38IN5O. The normalized spacial score (nSPS) is 15.7. The summed E-state index contributed by atoms with van der Waals surface area (Å²) in [6.07, 6.45) is 0.977. The van der Waals surface area contributed by atoms with Gasteiger partial charge in [0.2, 0.25) is 0 Å². The van der Waals surface area contributed by atoms with Gasteiger partial charge in [0.15, 0.2) is 5.96 Å². The largest absolute Gasteiger partial charge is 0.379 e. The Bertz CT molecular complexity index is 583. The van der Waals surface area contributed by atoms with Gasteiger partial charge < -0.3 is 20.3 Å². The molecule has 0 aliphatic carbocycles. The fraction of sp³-hybridized carbons (Fsp3) is 0.667. The van der Waals surface area contributed by atoms with Crippen molar-refractivity contribution in [2.24, 2.45) is 4.99 Å². The first kappa shape index (κ1) is 25.0. The molecule has 2 rings (SSSR count). The van der Waals surface area contributed by atoms with E-state index < -0.39 is 0 Å². The van der Waals surface area contributed by atoms with Gasteiger partial charge in [-0.25, -0.2) is 0 Å². The summed E-state index contributed by atoms with van der Waals surface area (Å²) in [5.41, 5.74) is 2.60. The monoisotopic (exact) mass is 503 g/mol. The molecule has 0 unspecified atom stereocenters. The number of halogens is 1. The number of rotatable bonds is 8. The highest BCUT2D eigenvalue weighted by Crippen LogP contribution is 2.16. The van der Waals surface area contributed by atoms with E-state index in [4.69, 9.17) is 9.73 Å². The third-order valence-electron chi connectivity index (χ3n) is 4.99. The van der Waals surface area contributed by atoms with Crippen molar-refractivity contribution in [3.63, 3.8) is 0 Å². The second-order valence-electron chi connectivity index (χ2n) is 7.84. The number of ether oxygens (including phenoxy) is 1. The molecule has 1 fully saturated rings. The number of aliphatic imine (C=N–C) groups is 1. The summed E-state index contributed by atoms with van der Waals surface area (Å²) in [6, 6.07) is 8.73. The van der Waals surface area contributed by atoms with Crippen molar-refractivity contribution in [2.45, 2.75) is 32.7 Å².